The van der Waals surface area contributed by atoms with Gasteiger partial charge in [0.15, 0.2) is 5.82 Å². The lowest BCUT2D eigenvalue weighted by molar-refractivity contribution is -0.115. The number of nitrogens with one attached hydrogen (secondary N) is 2. The van der Waals surface area contributed by atoms with Crippen molar-refractivity contribution < 1.29 is 9.18 Å². The van der Waals surface area contributed by atoms with Gasteiger partial charge in [0.05, 0.1) is 6.42 Å². The number of aryl methyl sites for hydroxylation is 1. The van der Waals surface area contributed by atoms with E-state index in [2.05, 4.69) is 33.0 Å². The lowest BCUT2D eigenvalue weighted by atomic mass is 10.1. The fourth-order valence-corrected chi connectivity index (χ4v) is 2.65. The number of carbonyl (C=O) groups is 1. The van der Waals surface area contributed by atoms with Gasteiger partial charge in [0, 0.05) is 6.54 Å². The summed E-state index contributed by atoms with van der Waals surface area (Å²) >= 11 is 0. The highest BCUT2D eigenvalue weighted by atomic mass is 19.1. The molecule has 2 aromatic carbocycles. The Morgan fingerprint density at radius 2 is 1.59 bits per heavy atom. The molecular formula is C21H21FN4O. The number of carbonyl (C=O) groups excluding carboxylic acids is 1. The van der Waals surface area contributed by atoms with E-state index in [1.165, 1.54) is 11.6 Å². The molecule has 0 aliphatic rings. The third kappa shape index (κ3) is 5.88. The molecule has 0 aliphatic carbocycles. The maximum atomic E-state index is 13.6. The number of hydrogen-bond donors (Lipinski definition) is 2. The minimum atomic E-state index is -0.395. The Morgan fingerprint density at radius 1 is 0.889 bits per heavy atom. The van der Waals surface area contributed by atoms with Crippen molar-refractivity contribution in [2.75, 3.05) is 17.2 Å². The van der Waals surface area contributed by atoms with Crippen molar-refractivity contribution in [2.24, 2.45) is 0 Å². The summed E-state index contributed by atoms with van der Waals surface area (Å²) in [5.41, 5.74) is 1.65. The maximum Gasteiger partial charge on any atom is 0.230 e. The van der Waals surface area contributed by atoms with Gasteiger partial charge in [-0.2, -0.15) is 0 Å². The number of anilines is 2. The smallest absolute Gasteiger partial charge is 0.230 e. The highest BCUT2D eigenvalue weighted by molar-refractivity contribution is 5.91. The molecule has 0 fully saturated rings. The van der Waals surface area contributed by atoms with Crippen LogP contribution in [0.5, 0.6) is 0 Å². The molecule has 6 heteroatoms. The summed E-state index contributed by atoms with van der Waals surface area (Å²) in [5.74, 6) is 0.257. The van der Waals surface area contributed by atoms with E-state index in [4.69, 9.17) is 0 Å². The van der Waals surface area contributed by atoms with E-state index < -0.39 is 5.82 Å². The fraction of sp³-hybridized carbons (Fsp3) is 0.190. The zero-order valence-electron chi connectivity index (χ0n) is 14.9. The van der Waals surface area contributed by atoms with Gasteiger partial charge in [-0.3, -0.25) is 4.79 Å². The van der Waals surface area contributed by atoms with Crippen molar-refractivity contribution in [2.45, 2.75) is 19.3 Å². The number of amides is 1. The standard InChI is InChI=1S/C21H21FN4O/c22-18-11-5-4-10-17(18)15-21(27)24-20-13-12-19(25-26-20)23-14-6-9-16-7-2-1-3-8-16/h1-5,7-8,10-13H,6,9,14-15H2,(H,23,25)(H,24,26,27). The van der Waals surface area contributed by atoms with Crippen LogP contribution in [0.15, 0.2) is 66.7 Å². The molecular weight excluding hydrogens is 343 g/mol. The minimum absolute atomic E-state index is 0.0478. The second kappa shape index (κ2) is 9.43. The predicted octanol–water partition coefficient (Wildman–Crippen LogP) is 3.84. The Morgan fingerprint density at radius 3 is 2.33 bits per heavy atom. The molecule has 27 heavy (non-hydrogen) atoms. The zero-order valence-corrected chi connectivity index (χ0v) is 14.9. The van der Waals surface area contributed by atoms with Crippen LogP contribution < -0.4 is 10.6 Å². The van der Waals surface area contributed by atoms with Crippen LogP contribution >= 0.6 is 0 Å². The first kappa shape index (κ1) is 18.5. The molecule has 0 saturated heterocycles. The van der Waals surface area contributed by atoms with Crippen molar-refractivity contribution in [3.63, 3.8) is 0 Å². The van der Waals surface area contributed by atoms with Gasteiger partial charge in [0.2, 0.25) is 5.91 Å². The Kier molecular flexibility index (Phi) is 6.46. The highest BCUT2D eigenvalue weighted by Crippen LogP contribution is 2.10. The number of halogens is 1. The van der Waals surface area contributed by atoms with Crippen molar-refractivity contribution in [1.82, 2.24) is 10.2 Å². The topological polar surface area (TPSA) is 66.9 Å². The first-order valence-corrected chi connectivity index (χ1v) is 8.85. The molecule has 2 N–H and O–H groups in total. The van der Waals surface area contributed by atoms with Crippen LogP contribution in [0.3, 0.4) is 0 Å². The summed E-state index contributed by atoms with van der Waals surface area (Å²) in [6, 6.07) is 19.9. The quantitative estimate of drug-likeness (QED) is 0.596. The number of nitrogens with zero attached hydrogens (tertiary/aromatic N) is 2. The first-order chi connectivity index (χ1) is 13.2. The van der Waals surface area contributed by atoms with Crippen molar-refractivity contribution >= 4 is 17.5 Å². The van der Waals surface area contributed by atoms with Crippen LogP contribution in [0.1, 0.15) is 17.5 Å². The van der Waals surface area contributed by atoms with Crippen LogP contribution in [0.25, 0.3) is 0 Å². The number of hydrogen-bond acceptors (Lipinski definition) is 4. The van der Waals surface area contributed by atoms with E-state index in [0.29, 0.717) is 17.2 Å². The molecule has 1 heterocycles. The zero-order chi connectivity index (χ0) is 18.9. The van der Waals surface area contributed by atoms with Gasteiger partial charge in [-0.05, 0) is 42.2 Å². The largest absolute Gasteiger partial charge is 0.369 e. The summed E-state index contributed by atoms with van der Waals surface area (Å²) in [6.45, 7) is 0.780. The summed E-state index contributed by atoms with van der Waals surface area (Å²) in [4.78, 5) is 12.0. The number of rotatable bonds is 8. The Hall–Kier alpha value is -3.28. The van der Waals surface area contributed by atoms with Crippen molar-refractivity contribution in [3.05, 3.63) is 83.7 Å². The van der Waals surface area contributed by atoms with Crippen LogP contribution in [0.4, 0.5) is 16.0 Å². The molecule has 5 nitrogen and oxygen atoms in total. The Balaban J connectivity index is 1.43. The molecule has 3 rings (SSSR count). The third-order valence-electron chi connectivity index (χ3n) is 4.03. The molecule has 3 aromatic rings. The van der Waals surface area contributed by atoms with Gasteiger partial charge in [0.25, 0.3) is 0 Å². The van der Waals surface area contributed by atoms with Gasteiger partial charge in [0.1, 0.15) is 11.6 Å². The Labute approximate surface area is 157 Å². The van der Waals surface area contributed by atoms with Crippen LogP contribution in [0.2, 0.25) is 0 Å². The van der Waals surface area contributed by atoms with Gasteiger partial charge in [-0.25, -0.2) is 4.39 Å². The second-order valence-electron chi connectivity index (χ2n) is 6.14. The van der Waals surface area contributed by atoms with Crippen molar-refractivity contribution in [3.8, 4) is 0 Å². The lowest BCUT2D eigenvalue weighted by Gasteiger charge is -2.07. The summed E-state index contributed by atoms with van der Waals surface area (Å²) in [6.07, 6.45) is 1.92. The molecule has 0 radical (unpaired) electrons. The van der Waals surface area contributed by atoms with E-state index in [-0.39, 0.29) is 12.3 Å². The van der Waals surface area contributed by atoms with E-state index in [9.17, 15) is 9.18 Å². The molecule has 1 amide bonds. The van der Waals surface area contributed by atoms with Gasteiger partial charge in [-0.15, -0.1) is 10.2 Å². The molecule has 0 spiro atoms. The number of aromatic nitrogens is 2. The molecule has 0 atom stereocenters. The Bertz CT molecular complexity index is 869. The minimum Gasteiger partial charge on any atom is -0.369 e. The normalized spacial score (nSPS) is 10.4. The van der Waals surface area contributed by atoms with Gasteiger partial charge >= 0.3 is 0 Å². The van der Waals surface area contributed by atoms with E-state index >= 15 is 0 Å². The highest BCUT2D eigenvalue weighted by Gasteiger charge is 2.09. The summed E-state index contributed by atoms with van der Waals surface area (Å²) in [7, 11) is 0. The van der Waals surface area contributed by atoms with Crippen molar-refractivity contribution in [1.29, 1.82) is 0 Å². The summed E-state index contributed by atoms with van der Waals surface area (Å²) in [5, 5.41) is 13.9. The molecule has 0 aliphatic heterocycles. The van der Waals surface area contributed by atoms with Gasteiger partial charge < -0.3 is 10.6 Å². The van der Waals surface area contributed by atoms with Crippen LogP contribution in [-0.4, -0.2) is 22.6 Å². The molecule has 0 bridgehead atoms. The van der Waals surface area contributed by atoms with E-state index in [1.54, 1.807) is 30.3 Å². The van der Waals surface area contributed by atoms with E-state index in [1.807, 2.05) is 18.2 Å². The SMILES string of the molecule is O=C(Cc1ccccc1F)Nc1ccc(NCCCc2ccccc2)nn1. The van der Waals surface area contributed by atoms with Gasteiger partial charge in [-0.1, -0.05) is 48.5 Å². The predicted molar refractivity (Wildman–Crippen MR) is 104 cm³/mol. The fourth-order valence-electron chi connectivity index (χ4n) is 2.65. The average molecular weight is 364 g/mol. The monoisotopic (exact) mass is 364 g/mol. The van der Waals surface area contributed by atoms with E-state index in [0.717, 1.165) is 19.4 Å². The first-order valence-electron chi connectivity index (χ1n) is 8.85. The molecule has 138 valence electrons. The second-order valence-corrected chi connectivity index (χ2v) is 6.14. The third-order valence-corrected chi connectivity index (χ3v) is 4.03. The van der Waals surface area contributed by atoms with Crippen LogP contribution in [0, 0.1) is 5.82 Å². The lowest BCUT2D eigenvalue weighted by Crippen LogP contribution is -2.16. The summed E-state index contributed by atoms with van der Waals surface area (Å²) < 4.78 is 13.6. The molecule has 0 unspecified atom stereocenters. The maximum absolute atomic E-state index is 13.6. The number of benzene rings is 2. The molecule has 0 saturated carbocycles. The average Bonchev–Trinajstić information content (AvgIpc) is 2.69. The van der Waals surface area contributed by atoms with Crippen LogP contribution in [-0.2, 0) is 17.6 Å². The molecule has 1 aromatic heterocycles.